The van der Waals surface area contributed by atoms with Crippen LogP contribution in [-0.4, -0.2) is 46.4 Å². The van der Waals surface area contributed by atoms with Gasteiger partial charge in [-0.2, -0.15) is 0 Å². The average molecular weight is 498 g/mol. The summed E-state index contributed by atoms with van der Waals surface area (Å²) < 4.78 is 14.5. The van der Waals surface area contributed by atoms with E-state index >= 15 is 0 Å². The smallest absolute Gasteiger partial charge is 0.330 e. The molecule has 0 bridgehead atoms. The lowest BCUT2D eigenvalue weighted by molar-refractivity contribution is -0.139. The molecule has 0 radical (unpaired) electrons. The molecule has 2 heterocycles. The first kappa shape index (κ1) is 22.3. The van der Waals surface area contributed by atoms with Gasteiger partial charge in [-0.05, 0) is 42.0 Å². The molecule has 0 saturated heterocycles. The second-order valence-electron chi connectivity index (χ2n) is 7.58. The predicted octanol–water partition coefficient (Wildman–Crippen LogP) is 4.36. The van der Waals surface area contributed by atoms with Crippen LogP contribution in [0, 0.1) is 0 Å². The predicted molar refractivity (Wildman–Crippen MR) is 131 cm³/mol. The normalized spacial score (nSPS) is 14.2. The summed E-state index contributed by atoms with van der Waals surface area (Å²) in [6.45, 7) is 0.489. The molecule has 0 fully saturated rings. The van der Waals surface area contributed by atoms with Crippen LogP contribution in [0.3, 0.4) is 0 Å². The number of aliphatic carboxylic acids is 1. The van der Waals surface area contributed by atoms with Crippen LogP contribution >= 0.6 is 23.1 Å². The molecular formula is C24H20ClN3O5S. The van der Waals surface area contributed by atoms with Gasteiger partial charge in [0.1, 0.15) is 19.0 Å². The van der Waals surface area contributed by atoms with Gasteiger partial charge in [-0.15, -0.1) is 0 Å². The summed E-state index contributed by atoms with van der Waals surface area (Å²) in [5, 5.41) is 22.7. The van der Waals surface area contributed by atoms with Gasteiger partial charge in [-0.3, -0.25) is 9.37 Å². The fourth-order valence-corrected chi connectivity index (χ4v) is 4.80. The minimum absolute atomic E-state index is 0.481. The number of H-pyrrole nitrogens is 1. The highest BCUT2D eigenvalue weighted by Crippen LogP contribution is 2.41. The van der Waals surface area contributed by atoms with Crippen LogP contribution in [-0.2, 0) is 4.79 Å². The number of aliphatic hydroxyl groups excluding tert-OH is 1. The summed E-state index contributed by atoms with van der Waals surface area (Å²) in [4.78, 5) is 16.1. The number of ether oxygens (including phenoxy) is 2. The van der Waals surface area contributed by atoms with Crippen molar-refractivity contribution >= 4 is 40.6 Å². The van der Waals surface area contributed by atoms with Gasteiger partial charge in [-0.25, -0.2) is 4.79 Å². The summed E-state index contributed by atoms with van der Waals surface area (Å²) in [6.07, 6.45) is 0. The Morgan fingerprint density at radius 3 is 2.74 bits per heavy atom. The Bertz CT molecular complexity index is 1400. The number of nitrogens with one attached hydrogen (secondary N) is 2. The highest BCUT2D eigenvalue weighted by molar-refractivity contribution is 7.10. The van der Waals surface area contributed by atoms with E-state index in [0.717, 1.165) is 38.8 Å². The number of benzene rings is 3. The summed E-state index contributed by atoms with van der Waals surface area (Å²) in [5.74, 6) is 1.00. The zero-order chi connectivity index (χ0) is 23.7. The minimum atomic E-state index is -1.19. The Morgan fingerprint density at radius 2 is 1.94 bits per heavy atom. The standard InChI is InChI=1S/C24H20ClN3O5S/c25-22-15(13-4-7-19-20(10-13)33-9-8-32-19)2-1-3-17(22)27-23-16-6-5-14(11-21(16)34-28-23)26-18(12-29)24(30)31/h1-7,10-11,18,27-29H,8-9,12H2,(H,30,31)/t18-/m0/s1. The number of halogens is 1. The molecule has 0 unspecified atom stereocenters. The molecule has 4 N–H and O–H groups in total. The number of aromatic nitrogens is 1. The molecule has 5 rings (SSSR count). The first-order valence-corrected chi connectivity index (χ1v) is 11.7. The number of hydrogen-bond acceptors (Lipinski definition) is 7. The molecule has 10 heteroatoms. The number of anilines is 2. The van der Waals surface area contributed by atoms with Gasteiger partial charge < -0.3 is 25.0 Å². The van der Waals surface area contributed by atoms with E-state index < -0.39 is 18.6 Å². The fourth-order valence-electron chi connectivity index (χ4n) is 3.69. The third-order valence-corrected chi connectivity index (χ3v) is 6.64. The molecule has 0 saturated carbocycles. The van der Waals surface area contributed by atoms with Gasteiger partial charge in [0.25, 0.3) is 0 Å². The van der Waals surface area contributed by atoms with Gasteiger partial charge in [0.2, 0.25) is 0 Å². The summed E-state index contributed by atoms with van der Waals surface area (Å²) >= 11 is 8.16. The van der Waals surface area contributed by atoms with Crippen molar-refractivity contribution in [3.63, 3.8) is 0 Å². The van der Waals surface area contributed by atoms with Crippen LogP contribution in [0.15, 0.2) is 59.6 Å². The number of rotatable bonds is 6. The van der Waals surface area contributed by atoms with E-state index in [2.05, 4.69) is 14.7 Å². The first-order valence-electron chi connectivity index (χ1n) is 10.5. The van der Waals surface area contributed by atoms with Crippen molar-refractivity contribution in [1.82, 2.24) is 4.37 Å². The van der Waals surface area contributed by atoms with E-state index in [4.69, 9.17) is 26.2 Å². The van der Waals surface area contributed by atoms with Crippen molar-refractivity contribution in [2.24, 2.45) is 4.99 Å². The Hall–Kier alpha value is -3.53. The molecule has 174 valence electrons. The molecule has 0 amide bonds. The molecule has 34 heavy (non-hydrogen) atoms. The number of aliphatic hydroxyl groups is 1. The van der Waals surface area contributed by atoms with Crippen molar-refractivity contribution in [1.29, 1.82) is 0 Å². The second-order valence-corrected chi connectivity index (χ2v) is 8.80. The highest BCUT2D eigenvalue weighted by Gasteiger charge is 2.18. The second kappa shape index (κ2) is 9.38. The van der Waals surface area contributed by atoms with Crippen molar-refractivity contribution < 1.29 is 24.5 Å². The van der Waals surface area contributed by atoms with Crippen LogP contribution < -0.4 is 20.1 Å². The maximum absolute atomic E-state index is 11.1. The third-order valence-electron chi connectivity index (χ3n) is 5.37. The number of nitrogens with zero attached hydrogens (tertiary/aromatic N) is 1. The first-order chi connectivity index (χ1) is 16.5. The Kier molecular flexibility index (Phi) is 6.14. The van der Waals surface area contributed by atoms with E-state index in [1.807, 2.05) is 42.5 Å². The van der Waals surface area contributed by atoms with Crippen LogP contribution in [0.1, 0.15) is 0 Å². The lowest BCUT2D eigenvalue weighted by atomic mass is 10.0. The largest absolute Gasteiger partial charge is 0.486 e. The van der Waals surface area contributed by atoms with E-state index in [-0.39, 0.29) is 0 Å². The molecule has 3 aliphatic rings. The van der Waals surface area contributed by atoms with Crippen LogP contribution in [0.2, 0.25) is 5.02 Å². The summed E-state index contributed by atoms with van der Waals surface area (Å²) in [7, 11) is 0. The molecule has 8 nitrogen and oxygen atoms in total. The molecule has 1 aliphatic carbocycles. The molecule has 2 aromatic carbocycles. The van der Waals surface area contributed by atoms with Crippen molar-refractivity contribution in [3.8, 4) is 33.1 Å². The number of fused-ring (bicyclic) bond motifs is 2. The van der Waals surface area contributed by atoms with Gasteiger partial charge in [0.05, 0.1) is 27.6 Å². The molecule has 1 atom stereocenters. The average Bonchev–Trinajstić information content (AvgIpc) is 3.25. The SMILES string of the molecule is O=C(O)[C@H](CO)N=c1ccc2c(Nc3cccc(-c4ccc5c(c4)OCCO5)c3Cl)[nH]sc-2c1. The highest BCUT2D eigenvalue weighted by atomic mass is 35.5. The Balaban J connectivity index is 1.44. The Labute approximate surface area is 203 Å². The van der Waals surface area contributed by atoms with Gasteiger partial charge >= 0.3 is 5.97 Å². The van der Waals surface area contributed by atoms with Gasteiger partial charge in [-0.1, -0.05) is 41.3 Å². The number of aromatic amines is 1. The topological polar surface area (TPSA) is 116 Å². The number of hydrogen-bond donors (Lipinski definition) is 4. The van der Waals surface area contributed by atoms with Gasteiger partial charge in [0, 0.05) is 11.1 Å². The third kappa shape index (κ3) is 4.33. The van der Waals surface area contributed by atoms with Gasteiger partial charge in [0.15, 0.2) is 17.5 Å². The lowest BCUT2D eigenvalue weighted by Gasteiger charge is -2.19. The quantitative estimate of drug-likeness (QED) is 0.314. The maximum atomic E-state index is 11.1. The summed E-state index contributed by atoms with van der Waals surface area (Å²) in [6, 6.07) is 15.7. The number of carbonyl (C=O) groups is 1. The monoisotopic (exact) mass is 497 g/mol. The zero-order valence-electron chi connectivity index (χ0n) is 17.7. The van der Waals surface area contributed by atoms with Crippen molar-refractivity contribution in [3.05, 3.63) is 65.0 Å². The number of carboxylic acids is 1. The van der Waals surface area contributed by atoms with Crippen LogP contribution in [0.25, 0.3) is 21.6 Å². The van der Waals surface area contributed by atoms with E-state index in [1.165, 1.54) is 11.5 Å². The van der Waals surface area contributed by atoms with E-state index in [1.54, 1.807) is 12.1 Å². The summed E-state index contributed by atoms with van der Waals surface area (Å²) in [5.41, 5.74) is 3.40. The van der Waals surface area contributed by atoms with Crippen LogP contribution in [0.4, 0.5) is 11.5 Å². The Morgan fingerprint density at radius 1 is 1.12 bits per heavy atom. The van der Waals surface area contributed by atoms with E-state index in [9.17, 15) is 9.90 Å². The molecule has 2 aliphatic heterocycles. The number of carboxylic acid groups (broad SMARTS) is 1. The zero-order valence-corrected chi connectivity index (χ0v) is 19.3. The molecular weight excluding hydrogens is 478 g/mol. The minimum Gasteiger partial charge on any atom is -0.486 e. The van der Waals surface area contributed by atoms with E-state index in [0.29, 0.717) is 29.3 Å². The van der Waals surface area contributed by atoms with Crippen LogP contribution in [0.5, 0.6) is 11.5 Å². The molecule has 2 aromatic rings. The van der Waals surface area contributed by atoms with Crippen molar-refractivity contribution in [2.75, 3.05) is 25.1 Å². The fraction of sp³-hybridized carbons (Fsp3) is 0.167. The molecule has 0 aromatic heterocycles. The molecule has 0 spiro atoms. The van der Waals surface area contributed by atoms with Crippen molar-refractivity contribution in [2.45, 2.75) is 6.04 Å². The maximum Gasteiger partial charge on any atom is 0.330 e. The lowest BCUT2D eigenvalue weighted by Crippen LogP contribution is -2.24.